The molecule has 1 saturated carbocycles. The van der Waals surface area contributed by atoms with Crippen LogP contribution in [-0.2, 0) is 0 Å². The standard InChI is InChI=1S/C13H20N4/c14-13-15-7-6-11(16-13)12-3-1-2-8-17(12)9-10-4-5-10/h6-7,10,12H,1-5,8-9H2,(H2,14,15,16). The van der Waals surface area contributed by atoms with Gasteiger partial charge < -0.3 is 5.73 Å². The van der Waals surface area contributed by atoms with E-state index in [9.17, 15) is 0 Å². The molecule has 1 saturated heterocycles. The lowest BCUT2D eigenvalue weighted by Crippen LogP contribution is -2.35. The van der Waals surface area contributed by atoms with Gasteiger partial charge in [0.1, 0.15) is 0 Å². The van der Waals surface area contributed by atoms with Crippen LogP contribution in [-0.4, -0.2) is 28.0 Å². The molecule has 2 aliphatic rings. The molecule has 1 aromatic heterocycles. The van der Waals surface area contributed by atoms with E-state index >= 15 is 0 Å². The number of aromatic nitrogens is 2. The fourth-order valence-corrected chi connectivity index (χ4v) is 2.75. The molecule has 92 valence electrons. The number of hydrogen-bond acceptors (Lipinski definition) is 4. The molecule has 0 aromatic carbocycles. The van der Waals surface area contributed by atoms with Crippen molar-refractivity contribution in [3.8, 4) is 0 Å². The van der Waals surface area contributed by atoms with Crippen molar-refractivity contribution in [1.29, 1.82) is 0 Å². The molecule has 2 N–H and O–H groups in total. The van der Waals surface area contributed by atoms with E-state index in [1.807, 2.05) is 6.07 Å². The van der Waals surface area contributed by atoms with Crippen LogP contribution in [0, 0.1) is 5.92 Å². The molecule has 3 rings (SSSR count). The molecule has 1 unspecified atom stereocenters. The van der Waals surface area contributed by atoms with Crippen LogP contribution in [0.1, 0.15) is 43.8 Å². The average molecular weight is 232 g/mol. The molecule has 4 nitrogen and oxygen atoms in total. The Hall–Kier alpha value is -1.16. The Balaban J connectivity index is 1.77. The van der Waals surface area contributed by atoms with Crippen molar-refractivity contribution in [3.63, 3.8) is 0 Å². The molecule has 2 fully saturated rings. The summed E-state index contributed by atoms with van der Waals surface area (Å²) in [4.78, 5) is 11.0. The quantitative estimate of drug-likeness (QED) is 0.866. The van der Waals surface area contributed by atoms with Crippen molar-refractivity contribution in [2.24, 2.45) is 5.92 Å². The van der Waals surface area contributed by atoms with E-state index in [1.165, 1.54) is 45.2 Å². The molecule has 4 heteroatoms. The van der Waals surface area contributed by atoms with E-state index in [2.05, 4.69) is 14.9 Å². The van der Waals surface area contributed by atoms with E-state index in [4.69, 9.17) is 5.73 Å². The van der Waals surface area contributed by atoms with Gasteiger partial charge in [-0.15, -0.1) is 0 Å². The molecular formula is C13H20N4. The summed E-state index contributed by atoms with van der Waals surface area (Å²) >= 11 is 0. The number of anilines is 1. The lowest BCUT2D eigenvalue weighted by Gasteiger charge is -2.35. The summed E-state index contributed by atoms with van der Waals surface area (Å²) in [5.41, 5.74) is 6.79. The first-order valence-electron chi connectivity index (χ1n) is 6.65. The van der Waals surface area contributed by atoms with Crippen molar-refractivity contribution in [1.82, 2.24) is 14.9 Å². The third-order valence-corrected chi connectivity index (χ3v) is 3.84. The highest BCUT2D eigenvalue weighted by Crippen LogP contribution is 2.36. The van der Waals surface area contributed by atoms with Crippen LogP contribution < -0.4 is 5.73 Å². The Bertz CT molecular complexity index is 389. The Morgan fingerprint density at radius 3 is 2.94 bits per heavy atom. The molecule has 1 aliphatic carbocycles. The van der Waals surface area contributed by atoms with Gasteiger partial charge in [-0.25, -0.2) is 9.97 Å². The van der Waals surface area contributed by atoms with E-state index in [0.29, 0.717) is 12.0 Å². The fraction of sp³-hybridized carbons (Fsp3) is 0.692. The highest BCUT2D eigenvalue weighted by Gasteiger charge is 2.31. The predicted molar refractivity (Wildman–Crippen MR) is 67.3 cm³/mol. The van der Waals surface area contributed by atoms with Gasteiger partial charge in [0, 0.05) is 12.7 Å². The summed E-state index contributed by atoms with van der Waals surface area (Å²) in [5, 5.41) is 0. The summed E-state index contributed by atoms with van der Waals surface area (Å²) in [6, 6.07) is 2.49. The van der Waals surface area contributed by atoms with E-state index in [1.54, 1.807) is 6.20 Å². The van der Waals surface area contributed by atoms with E-state index < -0.39 is 0 Å². The van der Waals surface area contributed by atoms with E-state index in [-0.39, 0.29) is 0 Å². The molecule has 0 spiro atoms. The summed E-state index contributed by atoms with van der Waals surface area (Å²) < 4.78 is 0. The average Bonchev–Trinajstić information content (AvgIpc) is 3.14. The Morgan fingerprint density at radius 2 is 2.18 bits per heavy atom. The lowest BCUT2D eigenvalue weighted by molar-refractivity contribution is 0.139. The number of likely N-dealkylation sites (tertiary alicyclic amines) is 1. The van der Waals surface area contributed by atoms with Crippen molar-refractivity contribution in [3.05, 3.63) is 18.0 Å². The number of piperidine rings is 1. The second-order valence-electron chi connectivity index (χ2n) is 5.29. The summed E-state index contributed by atoms with van der Waals surface area (Å²) in [6.45, 7) is 2.46. The maximum atomic E-state index is 5.68. The maximum Gasteiger partial charge on any atom is 0.220 e. The highest BCUT2D eigenvalue weighted by molar-refractivity contribution is 5.19. The monoisotopic (exact) mass is 232 g/mol. The second kappa shape index (κ2) is 4.61. The molecule has 0 bridgehead atoms. The maximum absolute atomic E-state index is 5.68. The minimum atomic E-state index is 0.402. The van der Waals surface area contributed by atoms with E-state index in [0.717, 1.165) is 11.6 Å². The van der Waals surface area contributed by atoms with Crippen LogP contribution in [0.3, 0.4) is 0 Å². The Kier molecular flexibility index (Phi) is 2.97. The minimum absolute atomic E-state index is 0.402. The molecule has 1 aliphatic heterocycles. The normalized spacial score (nSPS) is 26.0. The minimum Gasteiger partial charge on any atom is -0.368 e. The fourth-order valence-electron chi connectivity index (χ4n) is 2.75. The molecule has 0 radical (unpaired) electrons. The Labute approximate surface area is 102 Å². The van der Waals surface area contributed by atoms with Crippen LogP contribution in [0.5, 0.6) is 0 Å². The second-order valence-corrected chi connectivity index (χ2v) is 5.29. The largest absolute Gasteiger partial charge is 0.368 e. The summed E-state index contributed by atoms with van der Waals surface area (Å²) in [6.07, 6.45) is 8.44. The topological polar surface area (TPSA) is 55.0 Å². The summed E-state index contributed by atoms with van der Waals surface area (Å²) in [5.74, 6) is 1.34. The van der Waals surface area contributed by atoms with Crippen LogP contribution in [0.2, 0.25) is 0 Å². The van der Waals surface area contributed by atoms with Crippen LogP contribution in [0.4, 0.5) is 5.95 Å². The van der Waals surface area contributed by atoms with Crippen LogP contribution >= 0.6 is 0 Å². The molecule has 17 heavy (non-hydrogen) atoms. The van der Waals surface area contributed by atoms with Gasteiger partial charge in [0.15, 0.2) is 0 Å². The van der Waals surface area contributed by atoms with Gasteiger partial charge in [-0.1, -0.05) is 6.42 Å². The number of hydrogen-bond donors (Lipinski definition) is 1. The molecule has 2 heterocycles. The van der Waals surface area contributed by atoms with Gasteiger partial charge in [0.05, 0.1) is 11.7 Å². The zero-order valence-electron chi connectivity index (χ0n) is 10.2. The first-order chi connectivity index (χ1) is 8.33. The van der Waals surface area contributed by atoms with Gasteiger partial charge in [-0.2, -0.15) is 0 Å². The van der Waals surface area contributed by atoms with Gasteiger partial charge >= 0.3 is 0 Å². The lowest BCUT2D eigenvalue weighted by atomic mass is 9.98. The van der Waals surface area contributed by atoms with Crippen molar-refractivity contribution in [2.75, 3.05) is 18.8 Å². The van der Waals surface area contributed by atoms with Crippen molar-refractivity contribution in [2.45, 2.75) is 38.1 Å². The van der Waals surface area contributed by atoms with Crippen molar-refractivity contribution >= 4 is 5.95 Å². The number of rotatable bonds is 3. The zero-order chi connectivity index (χ0) is 11.7. The summed E-state index contributed by atoms with van der Waals surface area (Å²) in [7, 11) is 0. The van der Waals surface area contributed by atoms with Gasteiger partial charge in [-0.3, -0.25) is 4.90 Å². The third kappa shape index (κ3) is 2.57. The van der Waals surface area contributed by atoms with Gasteiger partial charge in [-0.05, 0) is 44.2 Å². The third-order valence-electron chi connectivity index (χ3n) is 3.84. The molecular weight excluding hydrogens is 212 g/mol. The SMILES string of the molecule is Nc1nccc(C2CCCCN2CC2CC2)n1. The number of nitrogens with zero attached hydrogens (tertiary/aromatic N) is 3. The smallest absolute Gasteiger partial charge is 0.220 e. The van der Waals surface area contributed by atoms with Crippen LogP contribution in [0.25, 0.3) is 0 Å². The van der Waals surface area contributed by atoms with Gasteiger partial charge in [0.2, 0.25) is 5.95 Å². The van der Waals surface area contributed by atoms with Crippen molar-refractivity contribution < 1.29 is 0 Å². The molecule has 1 aromatic rings. The Morgan fingerprint density at radius 1 is 1.29 bits per heavy atom. The first kappa shape index (κ1) is 11.0. The highest BCUT2D eigenvalue weighted by atomic mass is 15.2. The molecule has 1 atom stereocenters. The molecule has 0 amide bonds. The zero-order valence-corrected chi connectivity index (χ0v) is 10.2. The number of nitrogen functional groups attached to an aromatic ring is 1. The van der Waals surface area contributed by atoms with Gasteiger partial charge in [0.25, 0.3) is 0 Å². The number of nitrogens with two attached hydrogens (primary N) is 1. The first-order valence-corrected chi connectivity index (χ1v) is 6.65. The predicted octanol–water partition coefficient (Wildman–Crippen LogP) is 2.00. The van der Waals surface area contributed by atoms with Crippen LogP contribution in [0.15, 0.2) is 12.3 Å².